The molecule has 4 aliphatic carbocycles. The molecule has 276 valence electrons. The van der Waals surface area contributed by atoms with Crippen molar-refractivity contribution in [1.29, 1.82) is 0 Å². The molecule has 50 heavy (non-hydrogen) atoms. The highest BCUT2D eigenvalue weighted by Gasteiger charge is 2.69. The number of hydrogen-bond acceptors (Lipinski definition) is 6. The molecule has 7 nitrogen and oxygen atoms in total. The van der Waals surface area contributed by atoms with Crippen LogP contribution in [0.1, 0.15) is 127 Å². The molecule has 2 bridgehead atoms. The monoisotopic (exact) mass is 686 g/mol. The van der Waals surface area contributed by atoms with Crippen LogP contribution in [0.15, 0.2) is 42.5 Å². The van der Waals surface area contributed by atoms with Crippen LogP contribution in [0.25, 0.3) is 11.4 Å². The van der Waals surface area contributed by atoms with Gasteiger partial charge >= 0.3 is 0 Å². The van der Waals surface area contributed by atoms with E-state index >= 15 is 0 Å². The van der Waals surface area contributed by atoms with Gasteiger partial charge in [-0.1, -0.05) is 80.9 Å². The van der Waals surface area contributed by atoms with Gasteiger partial charge in [-0.25, -0.2) is 9.67 Å². The standard InChI is InChI=1S/C43H67N5O2/c1-28(2)29(3)38(7)18-19-41(10)31-12-13-34-40(9)24-49-26-43(34,32(31)14-17-39(41,8)23-38)22-33(35(40)50-25-42(11,44)37(4,5)6)48-36(46-27-47-48)30-15-20-45-21-16-30/h14-16,20-21,27-29,31,33-35H,12-13,17-19,22-26,44H2,1-11H3/t29-,31?,33?,34?,35?,38?,39?,40?,41?,42?,43?/m1/s1. The molecule has 1 aliphatic heterocycles. The van der Waals surface area contributed by atoms with Crippen molar-refractivity contribution in [3.05, 3.63) is 42.5 Å². The van der Waals surface area contributed by atoms with Gasteiger partial charge < -0.3 is 15.2 Å². The van der Waals surface area contributed by atoms with E-state index in [9.17, 15) is 0 Å². The molecule has 2 aromatic heterocycles. The lowest BCUT2D eigenvalue weighted by molar-refractivity contribution is -0.250. The molecule has 11 atom stereocenters. The highest BCUT2D eigenvalue weighted by Crippen LogP contribution is 2.74. The molecule has 3 heterocycles. The van der Waals surface area contributed by atoms with E-state index in [1.54, 1.807) is 11.9 Å². The van der Waals surface area contributed by atoms with Gasteiger partial charge in [0.2, 0.25) is 0 Å². The van der Waals surface area contributed by atoms with Crippen LogP contribution in [-0.2, 0) is 9.47 Å². The summed E-state index contributed by atoms with van der Waals surface area (Å²) in [5, 5.41) is 5.01. The number of aromatic nitrogens is 4. The second kappa shape index (κ2) is 12.0. The second-order valence-corrected chi connectivity index (χ2v) is 20.5. The summed E-state index contributed by atoms with van der Waals surface area (Å²) in [6.07, 6.45) is 16.6. The van der Waals surface area contributed by atoms with Crippen molar-refractivity contribution in [3.8, 4) is 11.4 Å². The summed E-state index contributed by atoms with van der Waals surface area (Å²) in [6, 6.07) is 4.08. The van der Waals surface area contributed by atoms with Crippen LogP contribution in [0.3, 0.4) is 0 Å². The summed E-state index contributed by atoms with van der Waals surface area (Å²) in [7, 11) is 0. The largest absolute Gasteiger partial charge is 0.380 e. The van der Waals surface area contributed by atoms with Crippen molar-refractivity contribution < 1.29 is 9.47 Å². The lowest BCUT2D eigenvalue weighted by Crippen LogP contribution is -2.68. The van der Waals surface area contributed by atoms with Gasteiger partial charge in [0.1, 0.15) is 6.33 Å². The molecule has 0 spiro atoms. The molecule has 0 aromatic carbocycles. The summed E-state index contributed by atoms with van der Waals surface area (Å²) in [5.74, 6) is 3.35. The zero-order valence-electron chi connectivity index (χ0n) is 33.2. The van der Waals surface area contributed by atoms with E-state index in [2.05, 4.69) is 91.9 Å². The Kier molecular flexibility index (Phi) is 8.68. The number of nitrogens with two attached hydrogens (primary N) is 1. The molecular weight excluding hydrogens is 619 g/mol. The molecule has 1 saturated heterocycles. The summed E-state index contributed by atoms with van der Waals surface area (Å²) in [4.78, 5) is 9.16. The number of nitrogens with zero attached hydrogens (tertiary/aromatic N) is 4. The van der Waals surface area contributed by atoms with E-state index < -0.39 is 5.54 Å². The molecule has 5 aliphatic rings. The summed E-state index contributed by atoms with van der Waals surface area (Å²) in [6.45, 7) is 28.5. The molecule has 4 fully saturated rings. The van der Waals surface area contributed by atoms with Gasteiger partial charge in [0.05, 0.1) is 32.0 Å². The third kappa shape index (κ3) is 5.24. The Morgan fingerprint density at radius 2 is 1.74 bits per heavy atom. The van der Waals surface area contributed by atoms with Crippen molar-refractivity contribution in [3.63, 3.8) is 0 Å². The minimum atomic E-state index is -0.501. The molecule has 10 unspecified atom stereocenters. The van der Waals surface area contributed by atoms with E-state index in [0.717, 1.165) is 36.8 Å². The number of pyridine rings is 1. The maximum atomic E-state index is 7.23. The average Bonchev–Trinajstić information content (AvgIpc) is 3.54. The first-order valence-corrected chi connectivity index (χ1v) is 19.8. The maximum Gasteiger partial charge on any atom is 0.158 e. The van der Waals surface area contributed by atoms with Gasteiger partial charge in [0.15, 0.2) is 5.82 Å². The van der Waals surface area contributed by atoms with Crippen LogP contribution in [0.2, 0.25) is 0 Å². The van der Waals surface area contributed by atoms with Gasteiger partial charge in [-0.3, -0.25) is 4.98 Å². The second-order valence-electron chi connectivity index (χ2n) is 20.5. The Morgan fingerprint density at radius 1 is 1.02 bits per heavy atom. The Hall–Kier alpha value is -2.09. The molecule has 3 saturated carbocycles. The molecule has 0 amide bonds. The lowest BCUT2D eigenvalue weighted by atomic mass is 9.36. The van der Waals surface area contributed by atoms with Crippen molar-refractivity contribution in [2.24, 2.45) is 61.9 Å². The minimum absolute atomic E-state index is 0.0103. The van der Waals surface area contributed by atoms with Crippen LogP contribution >= 0.6 is 0 Å². The van der Waals surface area contributed by atoms with E-state index in [1.807, 2.05) is 24.5 Å². The number of allylic oxidation sites excluding steroid dienone is 1. The predicted octanol–water partition coefficient (Wildman–Crippen LogP) is 9.31. The van der Waals surface area contributed by atoms with Gasteiger partial charge in [0, 0.05) is 34.3 Å². The minimum Gasteiger partial charge on any atom is -0.380 e. The zero-order chi connectivity index (χ0) is 36.1. The molecule has 7 heteroatoms. The van der Waals surface area contributed by atoms with Gasteiger partial charge in [-0.2, -0.15) is 5.10 Å². The van der Waals surface area contributed by atoms with Crippen LogP contribution in [0, 0.1) is 56.2 Å². The molecule has 2 N–H and O–H groups in total. The Labute approximate surface area is 303 Å². The highest BCUT2D eigenvalue weighted by atomic mass is 16.5. The average molecular weight is 686 g/mol. The summed E-state index contributed by atoms with van der Waals surface area (Å²) >= 11 is 0. The molecule has 0 radical (unpaired) electrons. The zero-order valence-corrected chi connectivity index (χ0v) is 33.2. The summed E-state index contributed by atoms with van der Waals surface area (Å²) in [5.41, 5.74) is 9.82. The first-order valence-electron chi connectivity index (χ1n) is 19.8. The van der Waals surface area contributed by atoms with Crippen LogP contribution in [-0.4, -0.2) is 51.2 Å². The van der Waals surface area contributed by atoms with Gasteiger partial charge in [-0.15, -0.1) is 0 Å². The third-order valence-electron chi connectivity index (χ3n) is 16.6. The van der Waals surface area contributed by atoms with Gasteiger partial charge in [0.25, 0.3) is 0 Å². The van der Waals surface area contributed by atoms with E-state index in [1.165, 1.54) is 32.1 Å². The van der Waals surface area contributed by atoms with Crippen LogP contribution in [0.5, 0.6) is 0 Å². The maximum absolute atomic E-state index is 7.23. The van der Waals surface area contributed by atoms with Crippen molar-refractivity contribution in [2.45, 2.75) is 139 Å². The normalized spacial score (nSPS) is 41.7. The molecular formula is C43H67N5O2. The predicted molar refractivity (Wildman–Crippen MR) is 201 cm³/mol. The Balaban J connectivity index is 1.32. The quantitative estimate of drug-likeness (QED) is 0.292. The number of fused-ring (bicyclic) bond motifs is 3. The molecule has 7 rings (SSSR count). The SMILES string of the molecule is CC(C)[C@@H](C)C1(C)CCC2(C)C3CCC4C5(COCC4(C)C(OCC(C)(N)C(C)(C)C)C(n4ncnc4-c4ccncc4)C5)C3=CCC2(C)C1. The number of ether oxygens (including phenoxy) is 2. The third-order valence-corrected chi connectivity index (χ3v) is 16.6. The Morgan fingerprint density at radius 3 is 2.42 bits per heavy atom. The van der Waals surface area contributed by atoms with Crippen LogP contribution in [0.4, 0.5) is 0 Å². The fourth-order valence-corrected chi connectivity index (χ4v) is 12.2. The summed E-state index contributed by atoms with van der Waals surface area (Å²) < 4.78 is 16.3. The van der Waals surface area contributed by atoms with Crippen molar-refractivity contribution in [1.82, 2.24) is 19.7 Å². The smallest absolute Gasteiger partial charge is 0.158 e. The van der Waals surface area contributed by atoms with E-state index in [0.29, 0.717) is 36.4 Å². The topological polar surface area (TPSA) is 88.1 Å². The van der Waals surface area contributed by atoms with E-state index in [-0.39, 0.29) is 39.2 Å². The molecule has 2 aromatic rings. The van der Waals surface area contributed by atoms with Gasteiger partial charge in [-0.05, 0) is 109 Å². The lowest BCUT2D eigenvalue weighted by Gasteiger charge is -2.70. The number of hydrogen-bond donors (Lipinski definition) is 1. The fraction of sp³-hybridized carbons (Fsp3) is 0.791. The van der Waals surface area contributed by atoms with Crippen molar-refractivity contribution >= 4 is 0 Å². The fourth-order valence-electron chi connectivity index (χ4n) is 12.2. The van der Waals surface area contributed by atoms with E-state index in [4.69, 9.17) is 25.3 Å². The highest BCUT2D eigenvalue weighted by molar-refractivity contribution is 5.54. The first-order chi connectivity index (χ1) is 23.3. The van der Waals surface area contributed by atoms with Crippen LogP contribution < -0.4 is 5.73 Å². The van der Waals surface area contributed by atoms with Crippen molar-refractivity contribution in [2.75, 3.05) is 19.8 Å². The first kappa shape index (κ1) is 36.3. The Bertz CT molecular complexity index is 1590. The number of rotatable bonds is 7.